The summed E-state index contributed by atoms with van der Waals surface area (Å²) in [7, 11) is 0. The molecular formula is C24H39N3O4. The largest absolute Gasteiger partial charge is 0.444 e. The summed E-state index contributed by atoms with van der Waals surface area (Å²) in [6.45, 7) is 16.8. The predicted molar refractivity (Wildman–Crippen MR) is 123 cm³/mol. The predicted octanol–water partition coefficient (Wildman–Crippen LogP) is 4.10. The van der Waals surface area contributed by atoms with E-state index in [0.29, 0.717) is 13.0 Å². The molecule has 3 amide bonds. The van der Waals surface area contributed by atoms with E-state index in [4.69, 9.17) is 4.74 Å². The number of aryl methyl sites for hydroxylation is 1. The molecule has 7 nitrogen and oxygen atoms in total. The van der Waals surface area contributed by atoms with Gasteiger partial charge >= 0.3 is 6.09 Å². The lowest BCUT2D eigenvalue weighted by molar-refractivity contribution is -0.142. The van der Waals surface area contributed by atoms with E-state index in [1.165, 1.54) is 0 Å². The summed E-state index contributed by atoms with van der Waals surface area (Å²) in [6.07, 6.45) is -0.00724. The Balaban J connectivity index is 3.29. The van der Waals surface area contributed by atoms with Crippen LogP contribution in [0.15, 0.2) is 24.3 Å². The Bertz CT molecular complexity index is 778. The van der Waals surface area contributed by atoms with Gasteiger partial charge in [-0.3, -0.25) is 9.59 Å². The number of hydrogen-bond donors (Lipinski definition) is 2. The number of alkyl carbamates (subject to hydrolysis) is 1. The molecule has 31 heavy (non-hydrogen) atoms. The molecule has 1 aromatic carbocycles. The molecule has 2 N–H and O–H groups in total. The van der Waals surface area contributed by atoms with Crippen molar-refractivity contribution in [3.8, 4) is 0 Å². The Labute approximate surface area is 186 Å². The fourth-order valence-electron chi connectivity index (χ4n) is 3.18. The molecule has 1 rings (SSSR count). The first-order valence-electron chi connectivity index (χ1n) is 10.8. The standard InChI is InChI=1S/C24H39N3O4/c1-10-15-27(21(29)17(3)25-22(30)31-24(7,8)9)19(20(28)26-23(4,5)6)18-14-12-11-13-16(18)2/h11-14,17,19H,10,15H2,1-9H3,(H,25,30)(H,26,28). The second-order valence-corrected chi connectivity index (χ2v) is 9.90. The van der Waals surface area contributed by atoms with Crippen LogP contribution in [0.25, 0.3) is 0 Å². The summed E-state index contributed by atoms with van der Waals surface area (Å²) >= 11 is 0. The summed E-state index contributed by atoms with van der Waals surface area (Å²) in [5.41, 5.74) is 0.541. The van der Waals surface area contributed by atoms with Crippen molar-refractivity contribution in [1.82, 2.24) is 15.5 Å². The first-order valence-corrected chi connectivity index (χ1v) is 10.8. The first kappa shape index (κ1) is 26.5. The van der Waals surface area contributed by atoms with Crippen LogP contribution in [0.4, 0.5) is 4.79 Å². The lowest BCUT2D eigenvalue weighted by atomic mass is 9.97. The molecule has 0 aliphatic carbocycles. The molecular weight excluding hydrogens is 394 g/mol. The molecule has 0 saturated heterocycles. The fraction of sp³-hybridized carbons (Fsp3) is 0.625. The summed E-state index contributed by atoms with van der Waals surface area (Å²) in [4.78, 5) is 40.5. The quantitative estimate of drug-likeness (QED) is 0.678. The normalized spacial score (nSPS) is 13.7. The maximum atomic E-state index is 13.4. The topological polar surface area (TPSA) is 87.7 Å². The van der Waals surface area contributed by atoms with Gasteiger partial charge in [0.1, 0.15) is 17.7 Å². The molecule has 0 saturated carbocycles. The van der Waals surface area contributed by atoms with Crippen molar-refractivity contribution in [1.29, 1.82) is 0 Å². The SMILES string of the molecule is CCCN(C(=O)C(C)NC(=O)OC(C)(C)C)C(C(=O)NC(C)(C)C)c1ccccc1C. The lowest BCUT2D eigenvalue weighted by Gasteiger charge is -2.35. The third kappa shape index (κ3) is 8.59. The van der Waals surface area contributed by atoms with Crippen LogP contribution >= 0.6 is 0 Å². The Kier molecular flexibility index (Phi) is 9.09. The minimum absolute atomic E-state index is 0.256. The van der Waals surface area contributed by atoms with Gasteiger partial charge in [-0.25, -0.2) is 4.79 Å². The lowest BCUT2D eigenvalue weighted by Crippen LogP contribution is -2.54. The van der Waals surface area contributed by atoms with Crippen molar-refractivity contribution in [2.75, 3.05) is 6.54 Å². The van der Waals surface area contributed by atoms with E-state index < -0.39 is 29.3 Å². The fourth-order valence-corrected chi connectivity index (χ4v) is 3.18. The average molecular weight is 434 g/mol. The Hall–Kier alpha value is -2.57. The number of amides is 3. The van der Waals surface area contributed by atoms with Crippen molar-refractivity contribution in [3.63, 3.8) is 0 Å². The number of hydrogen-bond acceptors (Lipinski definition) is 4. The molecule has 7 heteroatoms. The highest BCUT2D eigenvalue weighted by Crippen LogP contribution is 2.26. The van der Waals surface area contributed by atoms with E-state index in [0.717, 1.165) is 11.1 Å². The van der Waals surface area contributed by atoms with Crippen LogP contribution in [-0.4, -0.2) is 46.5 Å². The van der Waals surface area contributed by atoms with Crippen LogP contribution in [0.1, 0.15) is 79.0 Å². The highest BCUT2D eigenvalue weighted by atomic mass is 16.6. The van der Waals surface area contributed by atoms with E-state index >= 15 is 0 Å². The van der Waals surface area contributed by atoms with Gasteiger partial charge in [0.25, 0.3) is 0 Å². The van der Waals surface area contributed by atoms with Crippen molar-refractivity contribution in [2.45, 2.75) is 92.0 Å². The Morgan fingerprint density at radius 2 is 1.65 bits per heavy atom. The van der Waals surface area contributed by atoms with E-state index in [1.54, 1.807) is 32.6 Å². The smallest absolute Gasteiger partial charge is 0.408 e. The van der Waals surface area contributed by atoms with Crippen molar-refractivity contribution >= 4 is 17.9 Å². The molecule has 0 aliphatic heterocycles. The number of ether oxygens (including phenoxy) is 1. The van der Waals surface area contributed by atoms with Gasteiger partial charge in [0.05, 0.1) is 0 Å². The van der Waals surface area contributed by atoms with Gasteiger partial charge in [-0.05, 0) is 72.9 Å². The van der Waals surface area contributed by atoms with E-state index in [9.17, 15) is 14.4 Å². The number of carbonyl (C=O) groups excluding carboxylic acids is 3. The van der Waals surface area contributed by atoms with Gasteiger partial charge < -0.3 is 20.3 Å². The monoisotopic (exact) mass is 433 g/mol. The molecule has 174 valence electrons. The molecule has 0 aromatic heterocycles. The third-order valence-electron chi connectivity index (χ3n) is 4.39. The zero-order chi connectivity index (χ0) is 24.0. The highest BCUT2D eigenvalue weighted by molar-refractivity contribution is 5.92. The van der Waals surface area contributed by atoms with Gasteiger partial charge in [-0.2, -0.15) is 0 Å². The summed E-state index contributed by atoms with van der Waals surface area (Å²) in [6, 6.07) is 5.88. The van der Waals surface area contributed by atoms with Crippen molar-refractivity contribution in [2.24, 2.45) is 0 Å². The Morgan fingerprint density at radius 3 is 2.13 bits per heavy atom. The molecule has 0 spiro atoms. The van der Waals surface area contributed by atoms with Gasteiger partial charge in [0.2, 0.25) is 11.8 Å². The van der Waals surface area contributed by atoms with Gasteiger partial charge in [-0.1, -0.05) is 31.2 Å². The van der Waals surface area contributed by atoms with E-state index in [-0.39, 0.29) is 11.8 Å². The van der Waals surface area contributed by atoms with Gasteiger partial charge in [0.15, 0.2) is 0 Å². The minimum atomic E-state index is -0.852. The summed E-state index contributed by atoms with van der Waals surface area (Å²) in [5, 5.41) is 5.60. The van der Waals surface area contributed by atoms with Crippen LogP contribution < -0.4 is 10.6 Å². The maximum absolute atomic E-state index is 13.4. The Morgan fingerprint density at radius 1 is 1.06 bits per heavy atom. The number of rotatable bonds is 7. The number of nitrogens with one attached hydrogen (secondary N) is 2. The number of nitrogens with zero attached hydrogens (tertiary/aromatic N) is 1. The van der Waals surface area contributed by atoms with Gasteiger partial charge in [0, 0.05) is 12.1 Å². The van der Waals surface area contributed by atoms with Crippen molar-refractivity contribution < 1.29 is 19.1 Å². The van der Waals surface area contributed by atoms with E-state index in [2.05, 4.69) is 10.6 Å². The molecule has 0 aliphatic rings. The molecule has 1 aromatic rings. The van der Waals surface area contributed by atoms with E-state index in [1.807, 2.05) is 58.9 Å². The second kappa shape index (κ2) is 10.6. The highest BCUT2D eigenvalue weighted by Gasteiger charge is 2.36. The second-order valence-electron chi connectivity index (χ2n) is 9.90. The van der Waals surface area contributed by atoms with Crippen LogP contribution in [0.2, 0.25) is 0 Å². The maximum Gasteiger partial charge on any atom is 0.408 e. The molecule has 2 atom stereocenters. The number of carbonyl (C=O) groups is 3. The van der Waals surface area contributed by atoms with Crippen LogP contribution in [0.3, 0.4) is 0 Å². The summed E-state index contributed by atoms with van der Waals surface area (Å²) < 4.78 is 5.28. The zero-order valence-corrected chi connectivity index (χ0v) is 20.5. The third-order valence-corrected chi connectivity index (χ3v) is 4.39. The number of benzene rings is 1. The van der Waals surface area contributed by atoms with Crippen molar-refractivity contribution in [3.05, 3.63) is 35.4 Å². The first-order chi connectivity index (χ1) is 14.2. The molecule has 0 radical (unpaired) electrons. The van der Waals surface area contributed by atoms with Gasteiger partial charge in [-0.15, -0.1) is 0 Å². The van der Waals surface area contributed by atoms with Crippen LogP contribution in [0, 0.1) is 6.92 Å². The molecule has 0 fully saturated rings. The van der Waals surface area contributed by atoms with Crippen LogP contribution in [0.5, 0.6) is 0 Å². The van der Waals surface area contributed by atoms with Crippen LogP contribution in [-0.2, 0) is 14.3 Å². The zero-order valence-electron chi connectivity index (χ0n) is 20.5. The minimum Gasteiger partial charge on any atom is -0.444 e. The average Bonchev–Trinajstić information content (AvgIpc) is 2.58. The summed E-state index contributed by atoms with van der Waals surface area (Å²) in [5.74, 6) is -0.599. The molecule has 0 bridgehead atoms. The molecule has 2 unspecified atom stereocenters. The molecule has 0 heterocycles.